The van der Waals surface area contributed by atoms with Gasteiger partial charge >= 0.3 is 0 Å². The Bertz CT molecular complexity index is 941. The van der Waals surface area contributed by atoms with Gasteiger partial charge in [-0.3, -0.25) is 30.1 Å². The highest BCUT2D eigenvalue weighted by molar-refractivity contribution is 8.26. The predicted molar refractivity (Wildman–Crippen MR) is 108 cm³/mol. The number of hydrogen-bond acceptors (Lipinski definition) is 7. The minimum atomic E-state index is -0.676. The van der Waals surface area contributed by atoms with E-state index < -0.39 is 11.8 Å². The van der Waals surface area contributed by atoms with Crippen molar-refractivity contribution in [1.29, 1.82) is 0 Å². The molecule has 138 valence electrons. The molecule has 1 aliphatic heterocycles. The monoisotopic (exact) mass is 419 g/mol. The molecule has 0 unspecified atom stereocenters. The lowest BCUT2D eigenvalue weighted by molar-refractivity contribution is -0.129. The molecule has 0 atom stereocenters. The number of hydrogen-bond donors (Lipinski definition) is 3. The molecule has 1 aliphatic rings. The Labute approximate surface area is 168 Å². The van der Waals surface area contributed by atoms with E-state index in [4.69, 9.17) is 12.2 Å². The third-order valence-electron chi connectivity index (χ3n) is 3.46. The second-order valence-electron chi connectivity index (χ2n) is 5.30. The number of nitrogens with zero attached hydrogens (tertiary/aromatic N) is 1. The van der Waals surface area contributed by atoms with Crippen molar-refractivity contribution >= 4 is 63.4 Å². The van der Waals surface area contributed by atoms with Crippen molar-refractivity contribution in [2.24, 2.45) is 0 Å². The molecule has 1 saturated heterocycles. The number of thiophene rings is 1. The molecule has 0 radical (unpaired) electrons. The molecule has 2 aromatic rings. The van der Waals surface area contributed by atoms with Gasteiger partial charge in [0.1, 0.15) is 16.6 Å². The maximum atomic E-state index is 12.4. The second kappa shape index (κ2) is 8.33. The summed E-state index contributed by atoms with van der Waals surface area (Å²) in [5.41, 5.74) is 4.41. The van der Waals surface area contributed by atoms with Crippen LogP contribution >= 0.6 is 35.3 Å². The van der Waals surface area contributed by atoms with Gasteiger partial charge in [0.05, 0.1) is 10.5 Å². The van der Waals surface area contributed by atoms with E-state index in [1.165, 1.54) is 28.4 Å². The lowest BCUT2D eigenvalue weighted by Crippen LogP contribution is -2.47. The summed E-state index contributed by atoms with van der Waals surface area (Å²) in [4.78, 5) is 39.0. The molecular formula is C17H13N3O4S3. The van der Waals surface area contributed by atoms with E-state index in [0.717, 1.165) is 16.6 Å². The SMILES string of the molecule is O=C(CN1C(=O)C(=Cc2cccs2)SC1=S)NNC(=O)c1ccccc1O. The number of nitrogens with one attached hydrogen (secondary N) is 2. The van der Waals surface area contributed by atoms with E-state index in [9.17, 15) is 19.5 Å². The number of rotatable bonds is 4. The average molecular weight is 420 g/mol. The summed E-state index contributed by atoms with van der Waals surface area (Å²) in [6.45, 7) is -0.326. The lowest BCUT2D eigenvalue weighted by atomic mass is 10.2. The van der Waals surface area contributed by atoms with Gasteiger partial charge < -0.3 is 5.11 Å². The summed E-state index contributed by atoms with van der Waals surface area (Å²) in [5, 5.41) is 11.5. The van der Waals surface area contributed by atoms with E-state index in [2.05, 4.69) is 10.9 Å². The van der Waals surface area contributed by atoms with Crippen molar-refractivity contribution in [3.63, 3.8) is 0 Å². The molecule has 2 heterocycles. The Morgan fingerprint density at radius 2 is 1.96 bits per heavy atom. The minimum absolute atomic E-state index is 0.0160. The average Bonchev–Trinajstić information content (AvgIpc) is 3.24. The fourth-order valence-electron chi connectivity index (χ4n) is 2.18. The summed E-state index contributed by atoms with van der Waals surface area (Å²) in [6.07, 6.45) is 1.72. The molecule has 0 aliphatic carbocycles. The zero-order valence-electron chi connectivity index (χ0n) is 13.7. The Hall–Kier alpha value is -2.69. The highest BCUT2D eigenvalue weighted by Gasteiger charge is 2.33. The second-order valence-corrected chi connectivity index (χ2v) is 7.96. The maximum absolute atomic E-state index is 12.4. The molecule has 1 aromatic carbocycles. The molecular weight excluding hydrogens is 406 g/mol. The number of amides is 3. The number of carbonyl (C=O) groups is 3. The molecule has 3 N–H and O–H groups in total. The Morgan fingerprint density at radius 1 is 1.19 bits per heavy atom. The van der Waals surface area contributed by atoms with Crippen LogP contribution in [0.3, 0.4) is 0 Å². The molecule has 7 nitrogen and oxygen atoms in total. The highest BCUT2D eigenvalue weighted by Crippen LogP contribution is 2.32. The van der Waals surface area contributed by atoms with Crippen molar-refractivity contribution in [3.05, 3.63) is 57.1 Å². The van der Waals surface area contributed by atoms with Gasteiger partial charge in [0.2, 0.25) is 0 Å². The first kappa shape index (κ1) is 19.1. The number of phenolic OH excluding ortho intramolecular Hbond substituents is 1. The van der Waals surface area contributed by atoms with Crippen LogP contribution < -0.4 is 10.9 Å². The van der Waals surface area contributed by atoms with Gasteiger partial charge in [0.25, 0.3) is 17.7 Å². The van der Waals surface area contributed by atoms with E-state index in [1.807, 2.05) is 17.5 Å². The number of phenols is 1. The van der Waals surface area contributed by atoms with Crippen molar-refractivity contribution < 1.29 is 19.5 Å². The Balaban J connectivity index is 1.58. The van der Waals surface area contributed by atoms with Crippen LogP contribution in [0.4, 0.5) is 0 Å². The number of carbonyl (C=O) groups excluding carboxylic acids is 3. The molecule has 3 amide bonds. The van der Waals surface area contributed by atoms with Crippen molar-refractivity contribution in [2.75, 3.05) is 6.54 Å². The number of thiocarbonyl (C=S) groups is 1. The first-order valence-electron chi connectivity index (χ1n) is 7.62. The van der Waals surface area contributed by atoms with Crippen LogP contribution in [0.15, 0.2) is 46.7 Å². The van der Waals surface area contributed by atoms with Crippen LogP contribution in [0.2, 0.25) is 0 Å². The smallest absolute Gasteiger partial charge is 0.273 e. The first-order chi connectivity index (χ1) is 13.0. The minimum Gasteiger partial charge on any atom is -0.507 e. The zero-order valence-corrected chi connectivity index (χ0v) is 16.1. The standard InChI is InChI=1S/C17H13N3O4S3/c21-12-6-2-1-5-11(12)15(23)19-18-14(22)9-20-16(24)13(27-17(20)25)8-10-4-3-7-26-10/h1-8,21H,9H2,(H,18,22)(H,19,23). The van der Waals surface area contributed by atoms with Crippen LogP contribution in [0, 0.1) is 0 Å². The fourth-order valence-corrected chi connectivity index (χ4v) is 4.16. The van der Waals surface area contributed by atoms with Crippen LogP contribution in [-0.2, 0) is 9.59 Å². The third-order valence-corrected chi connectivity index (χ3v) is 5.65. The van der Waals surface area contributed by atoms with E-state index in [-0.39, 0.29) is 28.1 Å². The normalized spacial score (nSPS) is 15.3. The van der Waals surface area contributed by atoms with Crippen LogP contribution in [-0.4, -0.2) is 38.6 Å². The number of aromatic hydroxyl groups is 1. The molecule has 0 saturated carbocycles. The van der Waals surface area contributed by atoms with Crippen molar-refractivity contribution in [2.45, 2.75) is 0 Å². The Morgan fingerprint density at radius 3 is 2.67 bits per heavy atom. The lowest BCUT2D eigenvalue weighted by Gasteiger charge is -2.14. The fraction of sp³-hybridized carbons (Fsp3) is 0.0588. The van der Waals surface area contributed by atoms with Crippen molar-refractivity contribution in [1.82, 2.24) is 15.8 Å². The van der Waals surface area contributed by atoms with Gasteiger partial charge in [0, 0.05) is 4.88 Å². The third kappa shape index (κ3) is 4.54. The van der Waals surface area contributed by atoms with Gasteiger partial charge in [-0.05, 0) is 29.7 Å². The van der Waals surface area contributed by atoms with E-state index in [0.29, 0.717) is 4.91 Å². The molecule has 0 bridgehead atoms. The molecule has 10 heteroatoms. The van der Waals surface area contributed by atoms with Gasteiger partial charge in [0.15, 0.2) is 0 Å². The van der Waals surface area contributed by atoms with Gasteiger partial charge in [-0.2, -0.15) is 0 Å². The summed E-state index contributed by atoms with van der Waals surface area (Å²) in [5.74, 6) is -1.86. The molecule has 27 heavy (non-hydrogen) atoms. The summed E-state index contributed by atoms with van der Waals surface area (Å²) in [6, 6.07) is 9.67. The summed E-state index contributed by atoms with van der Waals surface area (Å²) in [7, 11) is 0. The number of para-hydroxylation sites is 1. The number of benzene rings is 1. The van der Waals surface area contributed by atoms with Gasteiger partial charge in [-0.25, -0.2) is 0 Å². The van der Waals surface area contributed by atoms with Crippen LogP contribution in [0.25, 0.3) is 6.08 Å². The van der Waals surface area contributed by atoms with E-state index >= 15 is 0 Å². The maximum Gasteiger partial charge on any atom is 0.273 e. The predicted octanol–water partition coefficient (Wildman–Crippen LogP) is 2.12. The number of thioether (sulfide) groups is 1. The summed E-state index contributed by atoms with van der Waals surface area (Å²) >= 11 is 7.78. The molecule has 0 spiro atoms. The largest absolute Gasteiger partial charge is 0.507 e. The number of hydrazine groups is 1. The highest BCUT2D eigenvalue weighted by atomic mass is 32.2. The van der Waals surface area contributed by atoms with E-state index in [1.54, 1.807) is 18.2 Å². The van der Waals surface area contributed by atoms with Crippen LogP contribution in [0.5, 0.6) is 5.75 Å². The molecule has 1 aromatic heterocycles. The van der Waals surface area contributed by atoms with Crippen LogP contribution in [0.1, 0.15) is 15.2 Å². The quantitative estimate of drug-likeness (QED) is 0.399. The Kier molecular flexibility index (Phi) is 5.89. The zero-order chi connectivity index (χ0) is 19.4. The van der Waals surface area contributed by atoms with Gasteiger partial charge in [-0.1, -0.05) is 42.2 Å². The molecule has 1 fully saturated rings. The topological polar surface area (TPSA) is 98.7 Å². The summed E-state index contributed by atoms with van der Waals surface area (Å²) < 4.78 is 0.269. The molecule has 3 rings (SSSR count). The van der Waals surface area contributed by atoms with Crippen molar-refractivity contribution in [3.8, 4) is 5.75 Å². The van der Waals surface area contributed by atoms with Gasteiger partial charge in [-0.15, -0.1) is 11.3 Å². The first-order valence-corrected chi connectivity index (χ1v) is 9.72.